The molecule has 144 valence electrons. The van der Waals surface area contributed by atoms with Crippen molar-refractivity contribution >= 4 is 17.0 Å². The Morgan fingerprint density at radius 2 is 2.00 bits per heavy atom. The van der Waals surface area contributed by atoms with Crippen LogP contribution in [0, 0.1) is 6.92 Å². The Balaban J connectivity index is 1.77. The summed E-state index contributed by atoms with van der Waals surface area (Å²) >= 11 is 0. The molecule has 2 aromatic rings. The zero-order valence-corrected chi connectivity index (χ0v) is 16.4. The van der Waals surface area contributed by atoms with Gasteiger partial charge in [0, 0.05) is 39.4 Å². The normalized spacial score (nSPS) is 11.9. The lowest BCUT2D eigenvalue weighted by Gasteiger charge is -2.11. The van der Waals surface area contributed by atoms with E-state index in [4.69, 9.17) is 4.74 Å². The number of hydrogen-bond acceptors (Lipinski definition) is 3. The first-order chi connectivity index (χ1) is 12.8. The summed E-state index contributed by atoms with van der Waals surface area (Å²) in [6, 6.07) is 8.30. The Morgan fingerprint density at radius 3 is 2.81 bits per heavy atom. The molecule has 1 heterocycles. The average Bonchev–Trinajstić information content (AvgIpc) is 2.96. The van der Waals surface area contributed by atoms with E-state index in [1.54, 1.807) is 0 Å². The van der Waals surface area contributed by atoms with Crippen LogP contribution >= 0.6 is 0 Å². The predicted octanol–water partition coefficient (Wildman–Crippen LogP) is 3.11. The van der Waals surface area contributed by atoms with Gasteiger partial charge >= 0.3 is 0 Å². The number of nitrogens with zero attached hydrogens (tertiary/aromatic N) is 3. The molecule has 6 nitrogen and oxygen atoms in total. The van der Waals surface area contributed by atoms with Gasteiger partial charge in [0.05, 0.1) is 11.0 Å². The van der Waals surface area contributed by atoms with Crippen molar-refractivity contribution in [2.75, 3.05) is 32.8 Å². The van der Waals surface area contributed by atoms with E-state index in [-0.39, 0.29) is 0 Å². The number of guanidine groups is 1. The first-order valence-corrected chi connectivity index (χ1v) is 9.78. The lowest BCUT2D eigenvalue weighted by molar-refractivity contribution is 0.143. The van der Waals surface area contributed by atoms with Gasteiger partial charge in [-0.05, 0) is 52.2 Å². The number of imidazole rings is 1. The highest BCUT2D eigenvalue weighted by Crippen LogP contribution is 2.15. The van der Waals surface area contributed by atoms with Crippen LogP contribution in [0.4, 0.5) is 0 Å². The molecule has 2 rings (SSSR count). The Labute approximate surface area is 157 Å². The molecule has 1 aromatic carbocycles. The molecule has 0 saturated carbocycles. The number of ether oxygens (including phenoxy) is 1. The van der Waals surface area contributed by atoms with Crippen molar-refractivity contribution in [3.8, 4) is 0 Å². The molecule has 6 heteroatoms. The number of benzene rings is 1. The number of fused-ring (bicyclic) bond motifs is 1. The van der Waals surface area contributed by atoms with Crippen molar-refractivity contribution < 1.29 is 4.74 Å². The van der Waals surface area contributed by atoms with Gasteiger partial charge in [-0.25, -0.2) is 4.98 Å². The zero-order valence-electron chi connectivity index (χ0n) is 16.4. The van der Waals surface area contributed by atoms with Gasteiger partial charge in [0.1, 0.15) is 5.82 Å². The third-order valence-electron chi connectivity index (χ3n) is 4.21. The fourth-order valence-corrected chi connectivity index (χ4v) is 2.92. The maximum Gasteiger partial charge on any atom is 0.191 e. The van der Waals surface area contributed by atoms with E-state index in [9.17, 15) is 0 Å². The van der Waals surface area contributed by atoms with Crippen LogP contribution in [0.5, 0.6) is 0 Å². The molecule has 1 aromatic heterocycles. The molecule has 0 unspecified atom stereocenters. The number of unbranched alkanes of at least 4 members (excludes halogenated alkanes) is 1. The minimum absolute atomic E-state index is 0.792. The second-order valence-electron chi connectivity index (χ2n) is 6.24. The predicted molar refractivity (Wildman–Crippen MR) is 109 cm³/mol. The van der Waals surface area contributed by atoms with Crippen molar-refractivity contribution in [3.05, 3.63) is 30.1 Å². The SMILES string of the molecule is CCNC(=NCCCn1c(C)nc2ccccc21)NCCCCOCC. The second kappa shape index (κ2) is 11.5. The number of para-hydroxylation sites is 2. The zero-order chi connectivity index (χ0) is 18.6. The van der Waals surface area contributed by atoms with Crippen molar-refractivity contribution in [2.45, 2.75) is 46.6 Å². The number of hydrogen-bond donors (Lipinski definition) is 2. The first kappa shape index (κ1) is 20.2. The van der Waals surface area contributed by atoms with Gasteiger partial charge < -0.3 is 19.9 Å². The maximum absolute atomic E-state index is 5.36. The van der Waals surface area contributed by atoms with E-state index in [0.29, 0.717) is 0 Å². The Bertz CT molecular complexity index is 680. The molecule has 0 aliphatic rings. The third kappa shape index (κ3) is 6.33. The molecule has 0 amide bonds. The summed E-state index contributed by atoms with van der Waals surface area (Å²) in [6.45, 7) is 11.3. The number of rotatable bonds is 11. The standard InChI is InChI=1S/C20H33N5O/c1-4-21-20(22-13-8-9-16-26-5-2)23-14-10-15-25-17(3)24-18-11-6-7-12-19(18)25/h6-7,11-12H,4-5,8-10,13-16H2,1-3H3,(H2,21,22,23). The fraction of sp³-hybridized carbons (Fsp3) is 0.600. The minimum Gasteiger partial charge on any atom is -0.382 e. The van der Waals surface area contributed by atoms with Crippen molar-refractivity contribution in [2.24, 2.45) is 4.99 Å². The molecule has 0 aliphatic carbocycles. The number of aromatic nitrogens is 2. The molecule has 26 heavy (non-hydrogen) atoms. The van der Waals surface area contributed by atoms with Crippen molar-refractivity contribution in [3.63, 3.8) is 0 Å². The van der Waals surface area contributed by atoms with E-state index in [1.807, 2.05) is 13.0 Å². The van der Waals surface area contributed by atoms with E-state index < -0.39 is 0 Å². The summed E-state index contributed by atoms with van der Waals surface area (Å²) in [5.74, 6) is 1.96. The summed E-state index contributed by atoms with van der Waals surface area (Å²) < 4.78 is 7.64. The highest BCUT2D eigenvalue weighted by atomic mass is 16.5. The van der Waals surface area contributed by atoms with Gasteiger partial charge in [0.25, 0.3) is 0 Å². The summed E-state index contributed by atoms with van der Waals surface area (Å²) in [4.78, 5) is 9.31. The van der Waals surface area contributed by atoms with Crippen LogP contribution in [-0.2, 0) is 11.3 Å². The van der Waals surface area contributed by atoms with Gasteiger partial charge in [0.15, 0.2) is 5.96 Å². The van der Waals surface area contributed by atoms with Crippen molar-refractivity contribution in [1.29, 1.82) is 0 Å². The largest absolute Gasteiger partial charge is 0.382 e. The van der Waals surface area contributed by atoms with Crippen molar-refractivity contribution in [1.82, 2.24) is 20.2 Å². The van der Waals surface area contributed by atoms with E-state index in [0.717, 1.165) is 76.0 Å². The van der Waals surface area contributed by atoms with Crippen LogP contribution in [-0.4, -0.2) is 48.4 Å². The van der Waals surface area contributed by atoms with Crippen LogP contribution in [0.25, 0.3) is 11.0 Å². The summed E-state index contributed by atoms with van der Waals surface area (Å²) in [5.41, 5.74) is 2.27. The molecule has 2 N–H and O–H groups in total. The molecule has 0 fully saturated rings. The Kier molecular flexibility index (Phi) is 8.96. The van der Waals surface area contributed by atoms with Crippen LogP contribution in [0.15, 0.2) is 29.3 Å². The van der Waals surface area contributed by atoms with Crippen LogP contribution in [0.3, 0.4) is 0 Å². The summed E-state index contributed by atoms with van der Waals surface area (Å²) in [5, 5.41) is 6.70. The molecule has 0 atom stereocenters. The van der Waals surface area contributed by atoms with E-state index in [1.165, 1.54) is 5.52 Å². The quantitative estimate of drug-likeness (QED) is 0.368. The van der Waals surface area contributed by atoms with Gasteiger partial charge in [0.2, 0.25) is 0 Å². The van der Waals surface area contributed by atoms with E-state index >= 15 is 0 Å². The number of nitrogens with one attached hydrogen (secondary N) is 2. The Hall–Kier alpha value is -2.08. The first-order valence-electron chi connectivity index (χ1n) is 9.78. The maximum atomic E-state index is 5.36. The second-order valence-corrected chi connectivity index (χ2v) is 6.24. The van der Waals surface area contributed by atoms with E-state index in [2.05, 4.69) is 57.2 Å². The smallest absolute Gasteiger partial charge is 0.191 e. The van der Waals surface area contributed by atoms with Gasteiger partial charge in [-0.1, -0.05) is 12.1 Å². The van der Waals surface area contributed by atoms with Gasteiger partial charge in [-0.2, -0.15) is 0 Å². The molecular weight excluding hydrogens is 326 g/mol. The Morgan fingerprint density at radius 1 is 1.15 bits per heavy atom. The highest BCUT2D eigenvalue weighted by Gasteiger charge is 2.05. The van der Waals surface area contributed by atoms with Gasteiger partial charge in [-0.15, -0.1) is 0 Å². The molecular formula is C20H33N5O. The topological polar surface area (TPSA) is 63.5 Å². The number of aliphatic imine (C=N–C) groups is 1. The molecule has 0 radical (unpaired) electrons. The summed E-state index contributed by atoms with van der Waals surface area (Å²) in [6.07, 6.45) is 3.15. The third-order valence-corrected chi connectivity index (χ3v) is 4.21. The van der Waals surface area contributed by atoms with Crippen LogP contribution in [0.1, 0.15) is 38.9 Å². The minimum atomic E-state index is 0.792. The summed E-state index contributed by atoms with van der Waals surface area (Å²) in [7, 11) is 0. The highest BCUT2D eigenvalue weighted by molar-refractivity contribution is 5.79. The number of aryl methyl sites for hydroxylation is 2. The monoisotopic (exact) mass is 359 g/mol. The molecule has 0 aliphatic heterocycles. The average molecular weight is 360 g/mol. The fourth-order valence-electron chi connectivity index (χ4n) is 2.92. The van der Waals surface area contributed by atoms with Crippen LogP contribution < -0.4 is 10.6 Å². The lowest BCUT2D eigenvalue weighted by atomic mass is 10.3. The molecule has 0 spiro atoms. The molecule has 0 saturated heterocycles. The van der Waals surface area contributed by atoms with Gasteiger partial charge in [-0.3, -0.25) is 4.99 Å². The molecule has 0 bridgehead atoms. The van der Waals surface area contributed by atoms with Crippen LogP contribution in [0.2, 0.25) is 0 Å². The lowest BCUT2D eigenvalue weighted by Crippen LogP contribution is -2.38.